The Morgan fingerprint density at radius 1 is 1.08 bits per heavy atom. The maximum absolute atomic E-state index is 13.7. The summed E-state index contributed by atoms with van der Waals surface area (Å²) in [6, 6.07) is 3.02. The van der Waals surface area contributed by atoms with Crippen LogP contribution < -0.4 is 32.3 Å². The second kappa shape index (κ2) is 14.7. The topological polar surface area (TPSA) is 266 Å². The van der Waals surface area contributed by atoms with E-state index in [-0.39, 0.29) is 34.5 Å². The molecular weight excluding hydrogens is 640 g/mol. The molecule has 49 heavy (non-hydrogen) atoms. The average molecular weight is 679 g/mol. The van der Waals surface area contributed by atoms with E-state index in [1.165, 1.54) is 49.4 Å². The summed E-state index contributed by atoms with van der Waals surface area (Å²) in [6.07, 6.45) is -0.553. The molecule has 16 heteroatoms. The number of aliphatic hydroxyl groups excluding tert-OH is 1. The Morgan fingerprint density at radius 3 is 2.45 bits per heavy atom. The van der Waals surface area contributed by atoms with E-state index >= 15 is 0 Å². The summed E-state index contributed by atoms with van der Waals surface area (Å²) >= 11 is 0. The molecule has 0 aromatic heterocycles. The molecule has 2 aromatic carbocycles. The van der Waals surface area contributed by atoms with Gasteiger partial charge in [0.25, 0.3) is 11.8 Å². The van der Waals surface area contributed by atoms with E-state index in [9.17, 15) is 48.9 Å². The summed E-state index contributed by atoms with van der Waals surface area (Å²) in [6.45, 7) is 4.79. The molecule has 2 aliphatic rings. The minimum atomic E-state index is -2.83. The summed E-state index contributed by atoms with van der Waals surface area (Å²) < 4.78 is 0. The largest absolute Gasteiger partial charge is 0.507 e. The number of primary amides is 1. The van der Waals surface area contributed by atoms with Crippen LogP contribution >= 0.6 is 0 Å². The number of nitrogens with one attached hydrogen (secondary N) is 5. The Labute approximate surface area is 280 Å². The molecule has 260 valence electrons. The van der Waals surface area contributed by atoms with Crippen LogP contribution in [0.15, 0.2) is 48.7 Å². The molecule has 0 radical (unpaired) electrons. The van der Waals surface area contributed by atoms with Crippen molar-refractivity contribution in [1.82, 2.24) is 21.3 Å². The maximum atomic E-state index is 13.7. The molecule has 0 unspecified atom stereocenters. The highest BCUT2D eigenvalue weighted by Gasteiger charge is 2.56. The molecule has 0 aliphatic carbocycles. The highest BCUT2D eigenvalue weighted by Crippen LogP contribution is 2.46. The number of para-hydroxylation sites is 1. The molecule has 2 heterocycles. The summed E-state index contributed by atoms with van der Waals surface area (Å²) in [4.78, 5) is 91.8. The van der Waals surface area contributed by atoms with Crippen LogP contribution in [0.2, 0.25) is 0 Å². The van der Waals surface area contributed by atoms with Gasteiger partial charge in [-0.2, -0.15) is 0 Å². The molecule has 16 nitrogen and oxygen atoms in total. The Bertz CT molecular complexity index is 1740. The number of carbonyl (C=O) groups is 7. The number of carbonyl (C=O) groups excluding carboxylic acids is 7. The fourth-order valence-corrected chi connectivity index (χ4v) is 5.58. The molecule has 2 aromatic rings. The van der Waals surface area contributed by atoms with Crippen molar-refractivity contribution >= 4 is 46.9 Å². The highest BCUT2D eigenvalue weighted by atomic mass is 16.4. The predicted molar refractivity (Wildman–Crippen MR) is 173 cm³/mol. The van der Waals surface area contributed by atoms with Crippen molar-refractivity contribution in [2.24, 2.45) is 11.7 Å². The molecule has 10 N–H and O–H groups in total. The zero-order valence-electron chi connectivity index (χ0n) is 26.9. The normalized spacial score (nSPS) is 24.3. The molecule has 6 amide bonds. The van der Waals surface area contributed by atoms with Gasteiger partial charge >= 0.3 is 0 Å². The summed E-state index contributed by atoms with van der Waals surface area (Å²) in [5.41, 5.74) is 2.95. The number of aromatic hydroxyl groups is 1. The van der Waals surface area contributed by atoms with Crippen molar-refractivity contribution in [3.05, 3.63) is 59.8 Å². The second-order valence-corrected chi connectivity index (χ2v) is 11.9. The van der Waals surface area contributed by atoms with Crippen LogP contribution in [0.25, 0.3) is 11.1 Å². The molecule has 0 fully saturated rings. The third-order valence-corrected chi connectivity index (χ3v) is 8.51. The SMILES string of the molecule is C/C=C\NC(=O)[C@H]1NC(=O)[C@H](CC(N)=O)NC(=O)[C@@H](NC(=O)C(=O)[C@H](C)CC)Cc2ccc(O)c(c2)-c2cccc3c2NC(=O)[C@@]3(O)[C@@H]1O. The number of rotatable bonds is 8. The molecule has 6 atom stereocenters. The lowest BCUT2D eigenvalue weighted by molar-refractivity contribution is -0.155. The Morgan fingerprint density at radius 2 is 1.80 bits per heavy atom. The smallest absolute Gasteiger partial charge is 0.288 e. The number of nitrogens with two attached hydrogens (primary N) is 1. The number of fused-ring (bicyclic) bond motifs is 3. The lowest BCUT2D eigenvalue weighted by atomic mass is 9.83. The van der Waals surface area contributed by atoms with Crippen molar-refractivity contribution in [2.75, 3.05) is 5.32 Å². The first-order valence-electron chi connectivity index (χ1n) is 15.5. The molecule has 0 saturated carbocycles. The van der Waals surface area contributed by atoms with E-state index in [0.717, 1.165) is 6.20 Å². The number of hydrogen-bond acceptors (Lipinski definition) is 10. The third kappa shape index (κ3) is 7.29. The third-order valence-electron chi connectivity index (χ3n) is 8.51. The molecule has 6 bridgehead atoms. The zero-order chi connectivity index (χ0) is 36.2. The number of anilines is 1. The van der Waals surface area contributed by atoms with E-state index in [1.807, 2.05) is 0 Å². The van der Waals surface area contributed by atoms with E-state index in [2.05, 4.69) is 26.6 Å². The van der Waals surface area contributed by atoms with Crippen LogP contribution in [0.3, 0.4) is 0 Å². The number of benzene rings is 2. The first kappa shape index (κ1) is 36.2. The number of allylic oxidation sites excluding steroid dienone is 1. The highest BCUT2D eigenvalue weighted by molar-refractivity contribution is 6.37. The van der Waals surface area contributed by atoms with Gasteiger partial charge in [0.2, 0.25) is 29.4 Å². The van der Waals surface area contributed by atoms with Crippen LogP contribution in [0, 0.1) is 5.92 Å². The zero-order valence-corrected chi connectivity index (χ0v) is 26.9. The van der Waals surface area contributed by atoms with Crippen molar-refractivity contribution in [1.29, 1.82) is 0 Å². The van der Waals surface area contributed by atoms with Gasteiger partial charge < -0.3 is 47.6 Å². The van der Waals surface area contributed by atoms with Crippen LogP contribution in [-0.2, 0) is 45.6 Å². The fraction of sp³-hybridized carbons (Fsp3) is 0.364. The first-order chi connectivity index (χ1) is 23.1. The van der Waals surface area contributed by atoms with Crippen LogP contribution in [0.4, 0.5) is 5.69 Å². The van der Waals surface area contributed by atoms with Crippen molar-refractivity contribution in [2.45, 2.75) is 69.9 Å². The van der Waals surface area contributed by atoms with Crippen LogP contribution in [-0.4, -0.2) is 80.8 Å². The number of phenols is 1. The predicted octanol–water partition coefficient (Wildman–Crippen LogP) is -1.29. The fourth-order valence-electron chi connectivity index (χ4n) is 5.58. The van der Waals surface area contributed by atoms with Gasteiger partial charge in [-0.15, -0.1) is 0 Å². The Hall–Kier alpha value is -5.61. The Balaban J connectivity index is 1.93. The van der Waals surface area contributed by atoms with E-state index in [1.54, 1.807) is 13.8 Å². The molecule has 4 rings (SSSR count). The molecule has 2 aliphatic heterocycles. The van der Waals surface area contributed by atoms with Gasteiger partial charge in [0.15, 0.2) is 5.60 Å². The maximum Gasteiger partial charge on any atom is 0.288 e. The van der Waals surface area contributed by atoms with Crippen molar-refractivity contribution in [3.8, 4) is 16.9 Å². The number of aliphatic hydroxyl groups is 2. The van der Waals surface area contributed by atoms with E-state index in [0.29, 0.717) is 12.0 Å². The molecule has 0 saturated heterocycles. The van der Waals surface area contributed by atoms with Gasteiger partial charge in [0, 0.05) is 29.0 Å². The first-order valence-corrected chi connectivity index (χ1v) is 15.5. The number of ketones is 1. The van der Waals surface area contributed by atoms with Crippen LogP contribution in [0.1, 0.15) is 44.7 Å². The molecular formula is C33H38N6O10. The summed E-state index contributed by atoms with van der Waals surface area (Å²) in [5.74, 6) is -8.38. The van der Waals surface area contributed by atoms with Gasteiger partial charge in [-0.05, 0) is 37.2 Å². The van der Waals surface area contributed by atoms with Crippen LogP contribution in [0.5, 0.6) is 5.75 Å². The number of Topliss-reactive ketones (excluding diaryl/α,β-unsaturated/α-hetero) is 1. The number of amides is 6. The summed E-state index contributed by atoms with van der Waals surface area (Å²) in [5, 5.41) is 46.0. The number of hydrogen-bond donors (Lipinski definition) is 9. The van der Waals surface area contributed by atoms with E-state index < -0.39 is 83.4 Å². The second-order valence-electron chi connectivity index (χ2n) is 11.9. The quantitative estimate of drug-likeness (QED) is 0.149. The minimum absolute atomic E-state index is 0.0270. The van der Waals surface area contributed by atoms with Crippen molar-refractivity contribution in [3.63, 3.8) is 0 Å². The Kier molecular flexibility index (Phi) is 10.8. The molecule has 0 spiro atoms. The van der Waals surface area contributed by atoms with Crippen molar-refractivity contribution < 1.29 is 48.9 Å². The standard InChI is InChI=1S/C33H38N6O10/c1-4-11-35-30(46)25-27(43)33(49)19-8-6-7-17(24(19)39-32(33)48)18-12-16(9-10-22(18)40)13-20(37-31(47)26(42)15(3)5-2)28(44)36-21(14-23(34)41)29(45)38-25/h4,6-12,15,20-21,25,27,40,43,49H,5,13-14H2,1-3H3,(H2,34,41)(H,35,46)(H,36,44)(H,37,47)(H,38,45)(H,39,48)/b11-4-/t15-,20+,21+,25+,27-,33+/m1/s1. The summed E-state index contributed by atoms with van der Waals surface area (Å²) in [7, 11) is 0. The van der Waals surface area contributed by atoms with Gasteiger partial charge in [0.05, 0.1) is 12.1 Å². The monoisotopic (exact) mass is 678 g/mol. The van der Waals surface area contributed by atoms with Gasteiger partial charge in [-0.1, -0.05) is 44.2 Å². The van der Waals surface area contributed by atoms with Gasteiger partial charge in [0.1, 0.15) is 30.0 Å². The van der Waals surface area contributed by atoms with E-state index in [4.69, 9.17) is 5.73 Å². The van der Waals surface area contributed by atoms with Gasteiger partial charge in [-0.3, -0.25) is 33.6 Å². The lowest BCUT2D eigenvalue weighted by Gasteiger charge is -2.33. The lowest BCUT2D eigenvalue weighted by Crippen LogP contribution is -2.64. The average Bonchev–Trinajstić information content (AvgIpc) is 3.34. The van der Waals surface area contributed by atoms with Gasteiger partial charge in [-0.25, -0.2) is 0 Å². The minimum Gasteiger partial charge on any atom is -0.507 e. The number of phenolic OH excluding ortho intramolecular Hbond substituents is 1.